The standard InChI is InChI=1S/C16H21N3O/c1-13-5-2-3-7-15(13)10-19-16(17-12-18-19)9-14-6-4-8-20-11-14/h2-3,5,7,12,14H,4,6,8-11H2,1H3. The monoisotopic (exact) mass is 271 g/mol. The smallest absolute Gasteiger partial charge is 0.138 e. The van der Waals surface area contributed by atoms with Gasteiger partial charge in [-0.3, -0.25) is 0 Å². The predicted octanol–water partition coefficient (Wildman–Crippen LogP) is 2.60. The Labute approximate surface area is 119 Å². The van der Waals surface area contributed by atoms with Crippen LogP contribution in [0, 0.1) is 12.8 Å². The Morgan fingerprint density at radius 3 is 3.05 bits per heavy atom. The summed E-state index contributed by atoms with van der Waals surface area (Å²) in [6, 6.07) is 8.44. The molecule has 0 aliphatic carbocycles. The average molecular weight is 271 g/mol. The molecule has 3 rings (SSSR count). The Kier molecular flexibility index (Phi) is 4.11. The highest BCUT2D eigenvalue weighted by atomic mass is 16.5. The summed E-state index contributed by atoms with van der Waals surface area (Å²) < 4.78 is 7.58. The molecule has 0 bridgehead atoms. The molecule has 1 atom stereocenters. The first-order chi connectivity index (χ1) is 9.83. The Bertz CT molecular complexity index is 558. The van der Waals surface area contributed by atoms with Crippen molar-refractivity contribution in [1.29, 1.82) is 0 Å². The molecule has 106 valence electrons. The first kappa shape index (κ1) is 13.3. The van der Waals surface area contributed by atoms with E-state index in [1.54, 1.807) is 6.33 Å². The zero-order chi connectivity index (χ0) is 13.8. The van der Waals surface area contributed by atoms with Crippen LogP contribution in [0.3, 0.4) is 0 Å². The Hall–Kier alpha value is -1.68. The molecule has 0 amide bonds. The lowest BCUT2D eigenvalue weighted by Gasteiger charge is -2.21. The molecule has 0 spiro atoms. The summed E-state index contributed by atoms with van der Waals surface area (Å²) in [7, 11) is 0. The molecular formula is C16H21N3O. The molecule has 1 aromatic carbocycles. The maximum Gasteiger partial charge on any atom is 0.138 e. The Morgan fingerprint density at radius 2 is 2.25 bits per heavy atom. The van der Waals surface area contributed by atoms with Crippen LogP contribution >= 0.6 is 0 Å². The van der Waals surface area contributed by atoms with Crippen LogP contribution in [-0.4, -0.2) is 28.0 Å². The van der Waals surface area contributed by atoms with Gasteiger partial charge in [-0.25, -0.2) is 9.67 Å². The molecular weight excluding hydrogens is 250 g/mol. The number of hydrogen-bond donors (Lipinski definition) is 0. The number of nitrogens with zero attached hydrogens (tertiary/aromatic N) is 3. The number of aromatic nitrogens is 3. The summed E-state index contributed by atoms with van der Waals surface area (Å²) in [5.74, 6) is 1.66. The molecule has 2 heterocycles. The molecule has 1 aromatic heterocycles. The fraction of sp³-hybridized carbons (Fsp3) is 0.500. The minimum Gasteiger partial charge on any atom is -0.381 e. The van der Waals surface area contributed by atoms with Gasteiger partial charge in [0.2, 0.25) is 0 Å². The molecule has 1 saturated heterocycles. The molecule has 1 aliphatic rings. The predicted molar refractivity (Wildman–Crippen MR) is 77.6 cm³/mol. The number of benzene rings is 1. The highest BCUT2D eigenvalue weighted by molar-refractivity contribution is 5.25. The van der Waals surface area contributed by atoms with Gasteiger partial charge < -0.3 is 4.74 Å². The second kappa shape index (κ2) is 6.18. The van der Waals surface area contributed by atoms with Crippen LogP contribution in [0.2, 0.25) is 0 Å². The van der Waals surface area contributed by atoms with Gasteiger partial charge in [0.1, 0.15) is 12.2 Å². The normalized spacial score (nSPS) is 19.1. The van der Waals surface area contributed by atoms with Crippen LogP contribution in [0.1, 0.15) is 29.8 Å². The quantitative estimate of drug-likeness (QED) is 0.858. The van der Waals surface area contributed by atoms with Crippen molar-refractivity contribution in [3.63, 3.8) is 0 Å². The van der Waals surface area contributed by atoms with Crippen molar-refractivity contribution in [3.05, 3.63) is 47.5 Å². The summed E-state index contributed by atoms with van der Waals surface area (Å²) >= 11 is 0. The summed E-state index contributed by atoms with van der Waals surface area (Å²) in [5.41, 5.74) is 2.61. The molecule has 4 heteroatoms. The molecule has 1 aliphatic heterocycles. The van der Waals surface area contributed by atoms with Gasteiger partial charge in [-0.05, 0) is 36.8 Å². The molecule has 0 saturated carbocycles. The van der Waals surface area contributed by atoms with E-state index in [4.69, 9.17) is 4.74 Å². The largest absolute Gasteiger partial charge is 0.381 e. The zero-order valence-corrected chi connectivity index (χ0v) is 12.0. The minimum absolute atomic E-state index is 0.587. The van der Waals surface area contributed by atoms with Crippen molar-refractivity contribution in [2.75, 3.05) is 13.2 Å². The first-order valence-electron chi connectivity index (χ1n) is 7.32. The number of rotatable bonds is 4. The maximum absolute atomic E-state index is 5.55. The van der Waals surface area contributed by atoms with Crippen LogP contribution in [0.15, 0.2) is 30.6 Å². The van der Waals surface area contributed by atoms with Gasteiger partial charge in [-0.2, -0.15) is 5.10 Å². The van der Waals surface area contributed by atoms with Crippen LogP contribution in [0.5, 0.6) is 0 Å². The summed E-state index contributed by atoms with van der Waals surface area (Å²) in [5, 5.41) is 4.38. The second-order valence-corrected chi connectivity index (χ2v) is 5.55. The zero-order valence-electron chi connectivity index (χ0n) is 12.0. The van der Waals surface area contributed by atoms with Crippen molar-refractivity contribution < 1.29 is 4.74 Å². The van der Waals surface area contributed by atoms with Crippen molar-refractivity contribution in [1.82, 2.24) is 14.8 Å². The topological polar surface area (TPSA) is 39.9 Å². The summed E-state index contributed by atoms with van der Waals surface area (Å²) in [4.78, 5) is 4.43. The fourth-order valence-electron chi connectivity index (χ4n) is 2.75. The Morgan fingerprint density at radius 1 is 1.35 bits per heavy atom. The van der Waals surface area contributed by atoms with E-state index in [0.717, 1.165) is 38.4 Å². The van der Waals surface area contributed by atoms with Crippen molar-refractivity contribution in [2.45, 2.75) is 32.7 Å². The van der Waals surface area contributed by atoms with Crippen LogP contribution < -0.4 is 0 Å². The SMILES string of the molecule is Cc1ccccc1Cn1ncnc1CC1CCCOC1. The van der Waals surface area contributed by atoms with E-state index in [1.165, 1.54) is 17.5 Å². The van der Waals surface area contributed by atoms with Crippen LogP contribution in [0.4, 0.5) is 0 Å². The van der Waals surface area contributed by atoms with E-state index in [0.29, 0.717) is 5.92 Å². The van der Waals surface area contributed by atoms with Gasteiger partial charge in [0.05, 0.1) is 6.54 Å². The van der Waals surface area contributed by atoms with Gasteiger partial charge in [0.25, 0.3) is 0 Å². The van der Waals surface area contributed by atoms with Gasteiger partial charge in [-0.15, -0.1) is 0 Å². The van der Waals surface area contributed by atoms with E-state index < -0.39 is 0 Å². The minimum atomic E-state index is 0.587. The van der Waals surface area contributed by atoms with E-state index in [1.807, 2.05) is 4.68 Å². The van der Waals surface area contributed by atoms with E-state index in [2.05, 4.69) is 41.3 Å². The van der Waals surface area contributed by atoms with Crippen molar-refractivity contribution in [3.8, 4) is 0 Å². The highest BCUT2D eigenvalue weighted by Gasteiger charge is 2.17. The van der Waals surface area contributed by atoms with E-state index in [9.17, 15) is 0 Å². The number of hydrogen-bond acceptors (Lipinski definition) is 3. The van der Waals surface area contributed by atoms with Crippen molar-refractivity contribution >= 4 is 0 Å². The lowest BCUT2D eigenvalue weighted by Crippen LogP contribution is -2.21. The molecule has 2 aromatic rings. The third-order valence-corrected chi connectivity index (χ3v) is 4.00. The lowest BCUT2D eigenvalue weighted by molar-refractivity contribution is 0.0539. The first-order valence-corrected chi connectivity index (χ1v) is 7.32. The second-order valence-electron chi connectivity index (χ2n) is 5.55. The van der Waals surface area contributed by atoms with E-state index >= 15 is 0 Å². The van der Waals surface area contributed by atoms with Gasteiger partial charge in [0, 0.05) is 19.6 Å². The van der Waals surface area contributed by atoms with Crippen LogP contribution in [0.25, 0.3) is 0 Å². The third-order valence-electron chi connectivity index (χ3n) is 4.00. The molecule has 20 heavy (non-hydrogen) atoms. The summed E-state index contributed by atoms with van der Waals surface area (Å²) in [6.45, 7) is 4.71. The van der Waals surface area contributed by atoms with Gasteiger partial charge in [-0.1, -0.05) is 24.3 Å². The summed E-state index contributed by atoms with van der Waals surface area (Å²) in [6.07, 6.45) is 5.02. The maximum atomic E-state index is 5.55. The van der Waals surface area contributed by atoms with Gasteiger partial charge in [0.15, 0.2) is 0 Å². The highest BCUT2D eigenvalue weighted by Crippen LogP contribution is 2.18. The molecule has 1 unspecified atom stereocenters. The van der Waals surface area contributed by atoms with Gasteiger partial charge >= 0.3 is 0 Å². The number of aryl methyl sites for hydroxylation is 1. The van der Waals surface area contributed by atoms with Crippen molar-refractivity contribution in [2.24, 2.45) is 5.92 Å². The van der Waals surface area contributed by atoms with Crippen LogP contribution in [-0.2, 0) is 17.7 Å². The fourth-order valence-corrected chi connectivity index (χ4v) is 2.75. The van der Waals surface area contributed by atoms with E-state index in [-0.39, 0.29) is 0 Å². The lowest BCUT2D eigenvalue weighted by atomic mass is 9.98. The molecule has 4 nitrogen and oxygen atoms in total. The molecule has 0 N–H and O–H groups in total. The molecule has 0 radical (unpaired) electrons. The Balaban J connectivity index is 1.71. The third kappa shape index (κ3) is 3.07. The number of ether oxygens (including phenoxy) is 1. The average Bonchev–Trinajstić information content (AvgIpc) is 2.90. The molecule has 1 fully saturated rings.